The molecular formula is C30H28O10. The van der Waals surface area contributed by atoms with Gasteiger partial charge in [-0.25, -0.2) is 9.59 Å². The van der Waals surface area contributed by atoms with Crippen molar-refractivity contribution in [3.8, 4) is 34.5 Å². The molecule has 0 unspecified atom stereocenters. The number of fused-ring (bicyclic) bond motifs is 1. The van der Waals surface area contributed by atoms with E-state index >= 15 is 0 Å². The summed E-state index contributed by atoms with van der Waals surface area (Å²) in [5.74, 6) is 0.544. The summed E-state index contributed by atoms with van der Waals surface area (Å²) < 4.78 is 38.1. The summed E-state index contributed by atoms with van der Waals surface area (Å²) in [4.78, 5) is 38.1. The fourth-order valence-electron chi connectivity index (χ4n) is 3.87. The van der Waals surface area contributed by atoms with Gasteiger partial charge in [0.05, 0.1) is 44.4 Å². The van der Waals surface area contributed by atoms with Crippen LogP contribution in [0.25, 0.3) is 11.0 Å². The molecule has 0 radical (unpaired) electrons. The second-order valence-corrected chi connectivity index (χ2v) is 8.54. The number of carbonyl (C=O) groups excluding carboxylic acids is 2. The van der Waals surface area contributed by atoms with Crippen molar-refractivity contribution < 1.29 is 42.4 Å². The lowest BCUT2D eigenvalue weighted by atomic mass is 10.1. The lowest BCUT2D eigenvalue weighted by Crippen LogP contribution is -2.11. The van der Waals surface area contributed by atoms with Gasteiger partial charge in [-0.15, -0.1) is 0 Å². The van der Waals surface area contributed by atoms with Crippen LogP contribution in [0.5, 0.6) is 34.5 Å². The lowest BCUT2D eigenvalue weighted by molar-refractivity contribution is 0.0504. The smallest absolute Gasteiger partial charge is 0.343 e. The van der Waals surface area contributed by atoms with E-state index in [1.165, 1.54) is 51.7 Å². The van der Waals surface area contributed by atoms with Crippen molar-refractivity contribution >= 4 is 22.9 Å². The molecule has 0 aliphatic heterocycles. The molecule has 10 heteroatoms. The Kier molecular flexibility index (Phi) is 8.58. The van der Waals surface area contributed by atoms with E-state index in [-0.39, 0.29) is 33.8 Å². The van der Waals surface area contributed by atoms with Gasteiger partial charge >= 0.3 is 11.9 Å². The molecule has 0 fully saturated rings. The topological polar surface area (TPSA) is 120 Å². The molecule has 0 amide bonds. The molecule has 40 heavy (non-hydrogen) atoms. The van der Waals surface area contributed by atoms with E-state index < -0.39 is 17.4 Å². The molecule has 1 heterocycles. The van der Waals surface area contributed by atoms with Crippen LogP contribution in [-0.4, -0.2) is 39.9 Å². The molecule has 0 N–H and O–H groups in total. The van der Waals surface area contributed by atoms with Crippen LogP contribution in [0.3, 0.4) is 0 Å². The van der Waals surface area contributed by atoms with Gasteiger partial charge in [0, 0.05) is 6.07 Å². The highest BCUT2D eigenvalue weighted by Gasteiger charge is 2.20. The van der Waals surface area contributed by atoms with E-state index in [9.17, 15) is 14.4 Å². The minimum atomic E-state index is -0.681. The van der Waals surface area contributed by atoms with Crippen LogP contribution >= 0.6 is 0 Å². The molecule has 10 nitrogen and oxygen atoms in total. The van der Waals surface area contributed by atoms with Gasteiger partial charge in [0.25, 0.3) is 0 Å². The molecule has 208 valence electrons. The Bertz CT molecular complexity index is 1580. The van der Waals surface area contributed by atoms with Crippen LogP contribution < -0.4 is 29.1 Å². The minimum absolute atomic E-state index is 0.00372. The predicted molar refractivity (Wildman–Crippen MR) is 145 cm³/mol. The number of esters is 2. The van der Waals surface area contributed by atoms with Crippen LogP contribution in [0.2, 0.25) is 0 Å². The van der Waals surface area contributed by atoms with Crippen molar-refractivity contribution in [2.24, 2.45) is 0 Å². The van der Waals surface area contributed by atoms with Gasteiger partial charge in [-0.2, -0.15) is 0 Å². The number of methoxy groups -OCH3 is 3. The third-order valence-corrected chi connectivity index (χ3v) is 5.84. The molecular weight excluding hydrogens is 520 g/mol. The van der Waals surface area contributed by atoms with Crippen molar-refractivity contribution in [3.63, 3.8) is 0 Å². The molecule has 0 bridgehead atoms. The maximum absolute atomic E-state index is 13.2. The van der Waals surface area contributed by atoms with Crippen LogP contribution in [0, 0.1) is 6.92 Å². The number of carbonyl (C=O) groups is 2. The summed E-state index contributed by atoms with van der Waals surface area (Å²) in [6.45, 7) is 3.83. The average molecular weight is 549 g/mol. The first-order chi connectivity index (χ1) is 19.3. The predicted octanol–water partition coefficient (Wildman–Crippen LogP) is 5.71. The summed E-state index contributed by atoms with van der Waals surface area (Å²) in [5.41, 5.74) is 0.337. The zero-order valence-electron chi connectivity index (χ0n) is 22.7. The Morgan fingerprint density at radius 1 is 0.775 bits per heavy atom. The second-order valence-electron chi connectivity index (χ2n) is 8.54. The summed E-state index contributed by atoms with van der Waals surface area (Å²) in [5, 5.41) is 0.230. The molecule has 3 aromatic carbocycles. The summed E-state index contributed by atoms with van der Waals surface area (Å²) >= 11 is 0. The monoisotopic (exact) mass is 548 g/mol. The van der Waals surface area contributed by atoms with E-state index in [1.807, 2.05) is 6.92 Å². The molecule has 0 aliphatic rings. The van der Waals surface area contributed by atoms with Crippen LogP contribution in [0.4, 0.5) is 0 Å². The molecule has 1 aromatic heterocycles. The number of aryl methyl sites for hydroxylation is 1. The second kappa shape index (κ2) is 12.2. The molecule has 0 saturated heterocycles. The highest BCUT2D eigenvalue weighted by molar-refractivity contribution is 5.93. The van der Waals surface area contributed by atoms with Gasteiger partial charge in [0.15, 0.2) is 11.5 Å². The first kappa shape index (κ1) is 28.0. The summed E-state index contributed by atoms with van der Waals surface area (Å²) in [6, 6.07) is 13.6. The highest BCUT2D eigenvalue weighted by Crippen LogP contribution is 2.38. The number of benzene rings is 3. The van der Waals surface area contributed by atoms with Crippen molar-refractivity contribution in [1.29, 1.82) is 0 Å². The maximum Gasteiger partial charge on any atom is 0.343 e. The highest BCUT2D eigenvalue weighted by atomic mass is 16.5. The van der Waals surface area contributed by atoms with Gasteiger partial charge in [0.1, 0.15) is 22.8 Å². The Balaban J connectivity index is 1.56. The Morgan fingerprint density at radius 3 is 2.02 bits per heavy atom. The zero-order valence-corrected chi connectivity index (χ0v) is 22.7. The number of hydrogen-bond acceptors (Lipinski definition) is 10. The van der Waals surface area contributed by atoms with E-state index in [1.54, 1.807) is 31.2 Å². The lowest BCUT2D eigenvalue weighted by Gasteiger charge is -2.14. The van der Waals surface area contributed by atoms with Crippen LogP contribution in [0.1, 0.15) is 39.8 Å². The largest absolute Gasteiger partial charge is 0.493 e. The third-order valence-electron chi connectivity index (χ3n) is 5.84. The quantitative estimate of drug-likeness (QED) is 0.180. The fraction of sp³-hybridized carbons (Fsp3) is 0.233. The van der Waals surface area contributed by atoms with Gasteiger partial charge in [-0.05, 0) is 61.9 Å². The average Bonchev–Trinajstić information content (AvgIpc) is 2.97. The molecule has 4 aromatic rings. The fourth-order valence-corrected chi connectivity index (χ4v) is 3.87. The van der Waals surface area contributed by atoms with Gasteiger partial charge in [-0.1, -0.05) is 6.92 Å². The van der Waals surface area contributed by atoms with E-state index in [0.29, 0.717) is 35.2 Å². The van der Waals surface area contributed by atoms with Crippen molar-refractivity contribution in [2.45, 2.75) is 20.3 Å². The summed E-state index contributed by atoms with van der Waals surface area (Å²) in [7, 11) is 4.34. The number of hydrogen-bond donors (Lipinski definition) is 0. The van der Waals surface area contributed by atoms with E-state index in [4.69, 9.17) is 32.8 Å². The normalized spacial score (nSPS) is 10.6. The van der Waals surface area contributed by atoms with Gasteiger partial charge in [0.2, 0.25) is 16.9 Å². The molecule has 0 atom stereocenters. The molecule has 0 aliphatic carbocycles. The number of ether oxygens (including phenoxy) is 6. The molecule has 0 saturated carbocycles. The Hall–Kier alpha value is -4.99. The van der Waals surface area contributed by atoms with Crippen molar-refractivity contribution in [3.05, 3.63) is 81.7 Å². The number of rotatable bonds is 10. The van der Waals surface area contributed by atoms with E-state index in [2.05, 4.69) is 0 Å². The zero-order chi connectivity index (χ0) is 28.8. The third kappa shape index (κ3) is 5.85. The first-order valence-corrected chi connectivity index (χ1v) is 12.3. The summed E-state index contributed by atoms with van der Waals surface area (Å²) in [6.07, 6.45) is 0.723. The molecule has 0 spiro atoms. The maximum atomic E-state index is 13.2. The standard InChI is InChI=1S/C30H28O10/c1-6-13-37-29(32)18-7-9-20(10-8-18)39-27-17(2)38-23-16-21(11-12-22(23)26(27)31)40-30(33)19-14-24(34-3)28(36-5)25(15-19)35-4/h7-12,14-16H,6,13H2,1-5H3. The first-order valence-electron chi connectivity index (χ1n) is 12.3. The SMILES string of the molecule is CCCOC(=O)c1ccc(Oc2c(C)oc3cc(OC(=O)c4cc(OC)c(OC)c(OC)c4)ccc3c2=O)cc1. The van der Waals surface area contributed by atoms with Crippen LogP contribution in [0.15, 0.2) is 63.8 Å². The Morgan fingerprint density at radius 2 is 1.43 bits per heavy atom. The molecule has 4 rings (SSSR count). The van der Waals surface area contributed by atoms with Gasteiger partial charge in [-0.3, -0.25) is 4.79 Å². The Labute approximate surface area is 229 Å². The van der Waals surface area contributed by atoms with Crippen LogP contribution in [-0.2, 0) is 4.74 Å². The van der Waals surface area contributed by atoms with Gasteiger partial charge < -0.3 is 32.8 Å². The van der Waals surface area contributed by atoms with Crippen molar-refractivity contribution in [2.75, 3.05) is 27.9 Å². The van der Waals surface area contributed by atoms with E-state index in [0.717, 1.165) is 6.42 Å². The van der Waals surface area contributed by atoms with Crippen molar-refractivity contribution in [1.82, 2.24) is 0 Å². The minimum Gasteiger partial charge on any atom is -0.493 e.